The summed E-state index contributed by atoms with van der Waals surface area (Å²) >= 11 is 0. The number of nitrogen functional groups attached to an aromatic ring is 2. The van der Waals surface area contributed by atoms with E-state index < -0.39 is 17.7 Å². The first-order chi connectivity index (χ1) is 7.33. The van der Waals surface area contributed by atoms with Crippen LogP contribution >= 0.6 is 0 Å². The first kappa shape index (κ1) is 11.0. The Bertz CT molecular complexity index is 431. The minimum Gasteiger partial charge on any atom is -0.485 e. The average molecular weight is 223 g/mol. The highest BCUT2D eigenvalue weighted by atomic mass is 16.5. The highest BCUT2D eigenvalue weighted by Gasteiger charge is 2.41. The molecule has 5 heteroatoms. The zero-order valence-corrected chi connectivity index (χ0v) is 9.40. The van der Waals surface area contributed by atoms with Crippen LogP contribution < -0.4 is 21.9 Å². The second-order valence-electron chi connectivity index (χ2n) is 4.70. The van der Waals surface area contributed by atoms with Gasteiger partial charge in [-0.05, 0) is 19.9 Å². The molecule has 1 aromatic rings. The van der Waals surface area contributed by atoms with Gasteiger partial charge in [-0.2, -0.15) is 0 Å². The van der Waals surface area contributed by atoms with Crippen molar-refractivity contribution in [3.05, 3.63) is 17.7 Å². The number of hydrogen-bond donors (Lipinski definition) is 4. The van der Waals surface area contributed by atoms with Gasteiger partial charge in [0.15, 0.2) is 0 Å². The molecule has 1 aliphatic heterocycles. The number of rotatable bonds is 0. The fourth-order valence-electron chi connectivity index (χ4n) is 1.93. The van der Waals surface area contributed by atoms with Crippen molar-refractivity contribution in [1.82, 2.24) is 0 Å². The summed E-state index contributed by atoms with van der Waals surface area (Å²) in [5, 5.41) is 9.99. The number of benzene rings is 1. The maximum atomic E-state index is 9.99. The smallest absolute Gasteiger partial charge is 0.131 e. The molecule has 88 valence electrons. The lowest BCUT2D eigenvalue weighted by Crippen LogP contribution is -2.51. The normalized spacial score (nSPS) is 27.0. The molecule has 1 aliphatic rings. The fourth-order valence-corrected chi connectivity index (χ4v) is 1.93. The number of anilines is 2. The van der Waals surface area contributed by atoms with Crippen LogP contribution in [0.3, 0.4) is 0 Å². The molecule has 5 nitrogen and oxygen atoms in total. The van der Waals surface area contributed by atoms with Crippen LogP contribution in [0.5, 0.6) is 5.75 Å². The number of hydrogen-bond acceptors (Lipinski definition) is 5. The van der Waals surface area contributed by atoms with Crippen LogP contribution in [-0.2, 0) is 0 Å². The SMILES string of the molecule is CC1(C)Oc2cc(N)c(N)cc2[C@H](N)[C@H]1O. The molecule has 2 rings (SSSR count). The Hall–Kier alpha value is -1.46. The van der Waals surface area contributed by atoms with Crippen LogP contribution in [-0.4, -0.2) is 16.8 Å². The molecule has 0 aromatic heterocycles. The van der Waals surface area contributed by atoms with Crippen molar-refractivity contribution in [2.45, 2.75) is 31.6 Å². The maximum absolute atomic E-state index is 9.99. The van der Waals surface area contributed by atoms with Crippen molar-refractivity contribution in [1.29, 1.82) is 0 Å². The molecule has 16 heavy (non-hydrogen) atoms. The average Bonchev–Trinajstić information content (AvgIpc) is 2.18. The maximum Gasteiger partial charge on any atom is 0.131 e. The van der Waals surface area contributed by atoms with Gasteiger partial charge in [-0.1, -0.05) is 0 Å². The Labute approximate surface area is 94.2 Å². The lowest BCUT2D eigenvalue weighted by molar-refractivity contribution is -0.0570. The highest BCUT2D eigenvalue weighted by Crippen LogP contribution is 2.41. The van der Waals surface area contributed by atoms with Crippen LogP contribution in [0.2, 0.25) is 0 Å². The molecule has 0 radical (unpaired) electrons. The molecule has 0 fully saturated rings. The zero-order chi connectivity index (χ0) is 12.1. The summed E-state index contributed by atoms with van der Waals surface area (Å²) < 4.78 is 5.67. The first-order valence-electron chi connectivity index (χ1n) is 5.14. The minimum absolute atomic E-state index is 0.449. The summed E-state index contributed by atoms with van der Waals surface area (Å²) in [6, 6.07) is 2.80. The molecule has 0 spiro atoms. The van der Waals surface area contributed by atoms with Gasteiger partial charge in [0.05, 0.1) is 17.4 Å². The van der Waals surface area contributed by atoms with E-state index in [0.29, 0.717) is 22.7 Å². The van der Waals surface area contributed by atoms with E-state index in [1.165, 1.54) is 0 Å². The second kappa shape index (κ2) is 3.26. The Kier molecular flexibility index (Phi) is 2.25. The van der Waals surface area contributed by atoms with Crippen LogP contribution in [0, 0.1) is 0 Å². The van der Waals surface area contributed by atoms with Gasteiger partial charge >= 0.3 is 0 Å². The third-order valence-electron chi connectivity index (χ3n) is 3.00. The van der Waals surface area contributed by atoms with Crippen LogP contribution in [0.25, 0.3) is 0 Å². The van der Waals surface area contributed by atoms with Crippen molar-refractivity contribution in [3.8, 4) is 5.75 Å². The largest absolute Gasteiger partial charge is 0.485 e. The van der Waals surface area contributed by atoms with Gasteiger partial charge in [-0.25, -0.2) is 0 Å². The van der Waals surface area contributed by atoms with E-state index in [-0.39, 0.29) is 0 Å². The Balaban J connectivity index is 2.55. The molecule has 1 aromatic carbocycles. The van der Waals surface area contributed by atoms with E-state index in [1.54, 1.807) is 26.0 Å². The summed E-state index contributed by atoms with van der Waals surface area (Å²) in [7, 11) is 0. The monoisotopic (exact) mass is 223 g/mol. The molecule has 0 saturated carbocycles. The minimum atomic E-state index is -0.775. The fraction of sp³-hybridized carbons (Fsp3) is 0.455. The lowest BCUT2D eigenvalue weighted by atomic mass is 9.87. The predicted octanol–water partition coefficient (Wildman–Crippen LogP) is 0.383. The third kappa shape index (κ3) is 1.48. The van der Waals surface area contributed by atoms with Crippen molar-refractivity contribution in [3.63, 3.8) is 0 Å². The quantitative estimate of drug-likeness (QED) is 0.476. The van der Waals surface area contributed by atoms with E-state index in [4.69, 9.17) is 21.9 Å². The summed E-state index contributed by atoms with van der Waals surface area (Å²) in [5.74, 6) is 0.592. The van der Waals surface area contributed by atoms with Gasteiger partial charge in [-0.3, -0.25) is 0 Å². The molecule has 0 saturated heterocycles. The Morgan fingerprint density at radius 1 is 1.25 bits per heavy atom. The molecule has 0 bridgehead atoms. The predicted molar refractivity (Wildman–Crippen MR) is 62.9 cm³/mol. The van der Waals surface area contributed by atoms with Crippen LogP contribution in [0.15, 0.2) is 12.1 Å². The molecule has 2 atom stereocenters. The number of fused-ring (bicyclic) bond motifs is 1. The van der Waals surface area contributed by atoms with Gasteiger partial charge < -0.3 is 27.0 Å². The number of aliphatic hydroxyl groups excluding tert-OH is 1. The van der Waals surface area contributed by atoms with E-state index in [1.807, 2.05) is 0 Å². The Morgan fingerprint density at radius 2 is 1.81 bits per heavy atom. The molecule has 1 heterocycles. The highest BCUT2D eigenvalue weighted by molar-refractivity contribution is 5.68. The van der Waals surface area contributed by atoms with Gasteiger partial charge in [-0.15, -0.1) is 0 Å². The zero-order valence-electron chi connectivity index (χ0n) is 9.40. The van der Waals surface area contributed by atoms with Crippen molar-refractivity contribution < 1.29 is 9.84 Å². The van der Waals surface area contributed by atoms with Crippen molar-refractivity contribution >= 4 is 11.4 Å². The van der Waals surface area contributed by atoms with Crippen molar-refractivity contribution in [2.75, 3.05) is 11.5 Å². The topological polar surface area (TPSA) is 108 Å². The number of nitrogens with two attached hydrogens (primary N) is 3. The van der Waals surface area contributed by atoms with Gasteiger partial charge in [0.25, 0.3) is 0 Å². The number of ether oxygens (including phenoxy) is 1. The molecule has 0 amide bonds. The van der Waals surface area contributed by atoms with Gasteiger partial charge in [0, 0.05) is 11.6 Å². The van der Waals surface area contributed by atoms with Gasteiger partial charge in [0.2, 0.25) is 0 Å². The Morgan fingerprint density at radius 3 is 2.44 bits per heavy atom. The standard InChI is InChI=1S/C11H17N3O2/c1-11(2)10(15)9(14)5-3-6(12)7(13)4-8(5)16-11/h3-4,9-10,15H,12-14H2,1-2H3/t9-,10+/m0/s1. The summed E-state index contributed by atoms with van der Waals surface area (Å²) in [5.41, 5.74) is 18.2. The van der Waals surface area contributed by atoms with Gasteiger partial charge in [0.1, 0.15) is 17.5 Å². The van der Waals surface area contributed by atoms with E-state index in [2.05, 4.69) is 0 Å². The van der Waals surface area contributed by atoms with Crippen molar-refractivity contribution in [2.24, 2.45) is 5.73 Å². The summed E-state index contributed by atoms with van der Waals surface area (Å²) in [6.07, 6.45) is -0.775. The molecule has 7 N–H and O–H groups in total. The van der Waals surface area contributed by atoms with E-state index in [9.17, 15) is 5.11 Å². The molecular formula is C11H17N3O2. The summed E-state index contributed by atoms with van der Waals surface area (Å²) in [6.45, 7) is 3.57. The molecular weight excluding hydrogens is 206 g/mol. The van der Waals surface area contributed by atoms with Crippen LogP contribution in [0.4, 0.5) is 11.4 Å². The second-order valence-corrected chi connectivity index (χ2v) is 4.70. The third-order valence-corrected chi connectivity index (χ3v) is 3.00. The number of aliphatic hydroxyl groups is 1. The molecule has 0 aliphatic carbocycles. The van der Waals surface area contributed by atoms with Crippen LogP contribution in [0.1, 0.15) is 25.5 Å². The first-order valence-corrected chi connectivity index (χ1v) is 5.14. The molecule has 0 unspecified atom stereocenters. The summed E-state index contributed by atoms with van der Waals surface area (Å²) in [4.78, 5) is 0. The van der Waals surface area contributed by atoms with E-state index in [0.717, 1.165) is 0 Å². The van der Waals surface area contributed by atoms with E-state index >= 15 is 0 Å². The lowest BCUT2D eigenvalue weighted by Gasteiger charge is -2.40.